The van der Waals surface area contributed by atoms with Crippen molar-refractivity contribution in [2.75, 3.05) is 11.4 Å². The molecule has 308 valence electrons. The Hall–Kier alpha value is -7.96. The average Bonchev–Trinajstić information content (AvgIpc) is 3.97. The van der Waals surface area contributed by atoms with Gasteiger partial charge in [-0.3, -0.25) is 4.98 Å². The minimum absolute atomic E-state index is 0.717. The van der Waals surface area contributed by atoms with E-state index < -0.39 is 0 Å². The van der Waals surface area contributed by atoms with Crippen LogP contribution in [0.25, 0.3) is 107 Å². The Labute approximate surface area is 390 Å². The first-order chi connectivity index (χ1) is 32.8. The van der Waals surface area contributed by atoms with E-state index in [0.717, 1.165) is 51.7 Å². The second kappa shape index (κ2) is 14.8. The van der Waals surface area contributed by atoms with Crippen LogP contribution in [-0.2, 0) is 0 Å². The van der Waals surface area contributed by atoms with Gasteiger partial charge in [0.1, 0.15) is 12.2 Å². The van der Waals surface area contributed by atoms with Crippen LogP contribution in [0, 0.1) is 0 Å². The molecule has 1 aliphatic carbocycles. The van der Waals surface area contributed by atoms with Crippen molar-refractivity contribution in [3.63, 3.8) is 0 Å². The zero-order valence-electron chi connectivity index (χ0n) is 35.6. The molecule has 0 saturated carbocycles. The summed E-state index contributed by atoms with van der Waals surface area (Å²) in [5.41, 5.74) is 18.6. The highest BCUT2D eigenvalue weighted by Gasteiger charge is 2.34. The number of thiophene rings is 2. The fourth-order valence-electron chi connectivity index (χ4n) is 10.7. The van der Waals surface area contributed by atoms with Crippen LogP contribution in [0.4, 0.5) is 22.7 Å². The smallest absolute Gasteiger partial charge is 0.235 e. The number of anilines is 2. The number of rotatable bonds is 4. The maximum atomic E-state index is 5.35. The molecule has 2 aliphatic rings. The highest BCUT2D eigenvalue weighted by molar-refractivity contribution is 7.26. The van der Waals surface area contributed by atoms with Gasteiger partial charge in [-0.15, -0.1) is 22.7 Å². The molecule has 0 atom stereocenters. The van der Waals surface area contributed by atoms with Gasteiger partial charge in [0.25, 0.3) is 0 Å². The highest BCUT2D eigenvalue weighted by Crippen LogP contribution is 2.57. The van der Waals surface area contributed by atoms with Crippen LogP contribution in [-0.4, -0.2) is 17.7 Å². The first-order valence-electron chi connectivity index (χ1n) is 22.5. The van der Waals surface area contributed by atoms with Crippen molar-refractivity contribution < 1.29 is 0 Å². The van der Waals surface area contributed by atoms with E-state index in [1.807, 2.05) is 28.9 Å². The molecule has 14 rings (SSSR count). The molecular formula is C61H38N3S2+. The maximum absolute atomic E-state index is 5.35. The van der Waals surface area contributed by atoms with Gasteiger partial charge in [0, 0.05) is 92.7 Å². The molecule has 1 aliphatic heterocycles. The second-order valence-corrected chi connectivity index (χ2v) is 19.2. The third-order valence-electron chi connectivity index (χ3n) is 13.6. The molecule has 0 spiro atoms. The normalized spacial score (nSPS) is 12.8. The van der Waals surface area contributed by atoms with Gasteiger partial charge in [0.2, 0.25) is 11.4 Å². The fraction of sp³-hybridized carbons (Fsp3) is 0.0164. The lowest BCUT2D eigenvalue weighted by molar-refractivity contribution is 1.000. The van der Waals surface area contributed by atoms with Gasteiger partial charge in [-0.05, 0) is 75.3 Å². The molecule has 4 heterocycles. The van der Waals surface area contributed by atoms with Crippen molar-refractivity contribution in [2.24, 2.45) is 0 Å². The van der Waals surface area contributed by atoms with E-state index in [2.05, 4.69) is 222 Å². The molecule has 0 saturated heterocycles. The van der Waals surface area contributed by atoms with Crippen LogP contribution in [0.15, 0.2) is 212 Å². The average molecular weight is 877 g/mol. The molecule has 0 N–H and O–H groups in total. The van der Waals surface area contributed by atoms with E-state index in [1.165, 1.54) is 84.9 Å². The zero-order chi connectivity index (χ0) is 43.3. The minimum atomic E-state index is 0.717. The third kappa shape index (κ3) is 5.60. The number of para-hydroxylation sites is 2. The SMILES string of the molecule is C1=[N+](c2ccccc2)c2cc3c(cc2N(c2ccccc2)C1)-c1ncccc1-c1cccc(-c2cccc4c2sc2ccccc24)c1-c1c-3cccc1-c1cccc2c1sc1ccccc12. The summed E-state index contributed by atoms with van der Waals surface area (Å²) in [6.45, 7) is 0.717. The van der Waals surface area contributed by atoms with Crippen molar-refractivity contribution in [3.05, 3.63) is 212 Å². The molecule has 0 amide bonds. The topological polar surface area (TPSA) is 19.1 Å². The summed E-state index contributed by atoms with van der Waals surface area (Å²) in [6, 6.07) is 76.2. The first kappa shape index (κ1) is 37.4. The van der Waals surface area contributed by atoms with E-state index in [9.17, 15) is 0 Å². The van der Waals surface area contributed by atoms with Gasteiger partial charge in [-0.25, -0.2) is 0 Å². The van der Waals surface area contributed by atoms with Gasteiger partial charge in [0.05, 0.1) is 5.69 Å². The first-order valence-corrected chi connectivity index (χ1v) is 24.1. The van der Waals surface area contributed by atoms with Gasteiger partial charge in [-0.2, -0.15) is 4.58 Å². The number of pyridine rings is 1. The number of hydrogen-bond donors (Lipinski definition) is 0. The maximum Gasteiger partial charge on any atom is 0.235 e. The molecule has 3 nitrogen and oxygen atoms in total. The summed E-state index contributed by atoms with van der Waals surface area (Å²) >= 11 is 3.78. The third-order valence-corrected chi connectivity index (χ3v) is 16.1. The monoisotopic (exact) mass is 876 g/mol. The minimum Gasteiger partial charge on any atom is -0.326 e. The summed E-state index contributed by atoms with van der Waals surface area (Å²) in [7, 11) is 0. The van der Waals surface area contributed by atoms with Crippen molar-refractivity contribution >= 4 is 92.0 Å². The van der Waals surface area contributed by atoms with Crippen molar-refractivity contribution in [1.82, 2.24) is 9.56 Å². The predicted molar refractivity (Wildman–Crippen MR) is 284 cm³/mol. The van der Waals surface area contributed by atoms with E-state index in [-0.39, 0.29) is 0 Å². The molecule has 0 unspecified atom stereocenters. The van der Waals surface area contributed by atoms with E-state index in [1.54, 1.807) is 0 Å². The molecule has 0 radical (unpaired) electrons. The van der Waals surface area contributed by atoms with E-state index >= 15 is 0 Å². The molecular weight excluding hydrogens is 839 g/mol. The Bertz CT molecular complexity index is 3970. The Kier molecular flexibility index (Phi) is 8.39. The largest absolute Gasteiger partial charge is 0.326 e. The van der Waals surface area contributed by atoms with Crippen LogP contribution < -0.4 is 9.48 Å². The summed E-state index contributed by atoms with van der Waals surface area (Å²) in [6.07, 6.45) is 4.29. The lowest BCUT2D eigenvalue weighted by atomic mass is 9.77. The van der Waals surface area contributed by atoms with Crippen molar-refractivity contribution in [1.29, 1.82) is 0 Å². The number of fused-ring (bicyclic) bond motifs is 15. The van der Waals surface area contributed by atoms with E-state index in [4.69, 9.17) is 4.98 Å². The number of benzene rings is 9. The quantitative estimate of drug-likeness (QED) is 0.164. The number of aromatic nitrogens is 1. The molecule has 12 aromatic rings. The molecule has 0 bridgehead atoms. The fourth-order valence-corrected chi connectivity index (χ4v) is 13.2. The van der Waals surface area contributed by atoms with Crippen LogP contribution in [0.1, 0.15) is 0 Å². The molecule has 9 aromatic carbocycles. The molecule has 5 heteroatoms. The van der Waals surface area contributed by atoms with Crippen LogP contribution in [0.2, 0.25) is 0 Å². The van der Waals surface area contributed by atoms with Crippen LogP contribution in [0.3, 0.4) is 0 Å². The van der Waals surface area contributed by atoms with Gasteiger partial charge < -0.3 is 4.90 Å². The number of hydrogen-bond acceptors (Lipinski definition) is 4. The Morgan fingerprint density at radius 2 is 0.909 bits per heavy atom. The molecule has 3 aromatic heterocycles. The Morgan fingerprint density at radius 1 is 0.409 bits per heavy atom. The summed E-state index contributed by atoms with van der Waals surface area (Å²) in [4.78, 5) is 7.79. The lowest BCUT2D eigenvalue weighted by Gasteiger charge is -2.30. The van der Waals surface area contributed by atoms with Gasteiger partial charge in [0.15, 0.2) is 6.21 Å². The van der Waals surface area contributed by atoms with Crippen molar-refractivity contribution in [3.8, 4) is 66.9 Å². The van der Waals surface area contributed by atoms with Crippen molar-refractivity contribution in [2.45, 2.75) is 0 Å². The van der Waals surface area contributed by atoms with Crippen LogP contribution in [0.5, 0.6) is 0 Å². The molecule has 66 heavy (non-hydrogen) atoms. The molecule has 0 fully saturated rings. The second-order valence-electron chi connectivity index (χ2n) is 17.1. The summed E-state index contributed by atoms with van der Waals surface area (Å²) in [5, 5.41) is 5.18. The zero-order valence-corrected chi connectivity index (χ0v) is 37.3. The van der Waals surface area contributed by atoms with Gasteiger partial charge >= 0.3 is 0 Å². The van der Waals surface area contributed by atoms with E-state index in [0.29, 0.717) is 0 Å². The Balaban J connectivity index is 1.14. The summed E-state index contributed by atoms with van der Waals surface area (Å²) < 4.78 is 7.59. The number of nitrogens with zero attached hydrogens (tertiary/aromatic N) is 3. The summed E-state index contributed by atoms with van der Waals surface area (Å²) in [5.74, 6) is 0. The predicted octanol–water partition coefficient (Wildman–Crippen LogP) is 17.2. The standard InChI is InChI=1S/C61H38N3S2/c1-3-16-38(17-4-1)63-34-35-64(39-18-5-2-6-19-39)54-37-52-51(36-53(54)63)45-25-12-24-44(50-29-14-27-48-41-21-8-10-32-56(41)66-61(48)50)58(45)57-42(46-30-15-33-62-59(46)52)22-11-23-43(57)49-28-13-26-47-40-20-7-9-31-55(40)65-60(47)49/h1-34,36-37H,35H2/q+1. The highest BCUT2D eigenvalue weighted by atomic mass is 32.1. The van der Waals surface area contributed by atoms with Gasteiger partial charge in [-0.1, -0.05) is 152 Å². The van der Waals surface area contributed by atoms with Crippen LogP contribution >= 0.6 is 22.7 Å². The Morgan fingerprint density at radius 3 is 1.55 bits per heavy atom. The lowest BCUT2D eigenvalue weighted by Crippen LogP contribution is -2.29.